The smallest absolute Gasteiger partial charge is 0.0939 e. The van der Waals surface area contributed by atoms with Crippen LogP contribution < -0.4 is 0 Å². The summed E-state index contributed by atoms with van der Waals surface area (Å²) < 4.78 is 0. The van der Waals surface area contributed by atoms with Crippen molar-refractivity contribution in [2.75, 3.05) is 7.05 Å². The topological polar surface area (TPSA) is 54.8 Å². The van der Waals surface area contributed by atoms with Crippen LogP contribution in [0.25, 0.3) is 0 Å². The third-order valence-electron chi connectivity index (χ3n) is 5.26. The normalized spacial score (nSPS) is 11.6. The number of hydrogen-bond acceptors (Lipinski definition) is 5. The first-order valence-corrected chi connectivity index (χ1v) is 10.0. The van der Waals surface area contributed by atoms with E-state index in [-0.39, 0.29) is 0 Å². The standard InChI is InChI=1S/C25H25N5/c1-25(22-12-4-7-16-27-22,23-13-5-8-17-28-23)24-14-9-11-21(29-24)19-30(2)18-20-10-3-6-15-26-20/h3-17H,18-19H2,1-2H3. The molecule has 30 heavy (non-hydrogen) atoms. The highest BCUT2D eigenvalue weighted by Crippen LogP contribution is 2.35. The second-order valence-electron chi connectivity index (χ2n) is 7.56. The van der Waals surface area contributed by atoms with E-state index < -0.39 is 5.41 Å². The van der Waals surface area contributed by atoms with Crippen LogP contribution in [0.5, 0.6) is 0 Å². The second kappa shape index (κ2) is 8.93. The molecule has 5 nitrogen and oxygen atoms in total. The van der Waals surface area contributed by atoms with Gasteiger partial charge in [0.1, 0.15) is 0 Å². The molecule has 0 spiro atoms. The fourth-order valence-electron chi connectivity index (χ4n) is 3.66. The van der Waals surface area contributed by atoms with E-state index >= 15 is 0 Å². The summed E-state index contributed by atoms with van der Waals surface area (Å²) in [6, 6.07) is 24.1. The highest BCUT2D eigenvalue weighted by Gasteiger charge is 2.35. The summed E-state index contributed by atoms with van der Waals surface area (Å²) in [7, 11) is 2.08. The molecule has 5 heteroatoms. The van der Waals surface area contributed by atoms with Crippen molar-refractivity contribution in [3.63, 3.8) is 0 Å². The summed E-state index contributed by atoms with van der Waals surface area (Å²) in [6.45, 7) is 3.64. The monoisotopic (exact) mass is 395 g/mol. The molecule has 0 saturated carbocycles. The maximum absolute atomic E-state index is 5.04. The van der Waals surface area contributed by atoms with Gasteiger partial charge in [-0.25, -0.2) is 0 Å². The molecule has 4 heterocycles. The first-order chi connectivity index (χ1) is 14.7. The summed E-state index contributed by atoms with van der Waals surface area (Å²) in [5, 5.41) is 0. The number of hydrogen-bond donors (Lipinski definition) is 0. The van der Waals surface area contributed by atoms with Gasteiger partial charge in [0.15, 0.2) is 0 Å². The van der Waals surface area contributed by atoms with Gasteiger partial charge in [0.2, 0.25) is 0 Å². The Balaban J connectivity index is 1.66. The van der Waals surface area contributed by atoms with Crippen molar-refractivity contribution in [1.82, 2.24) is 24.8 Å². The van der Waals surface area contributed by atoms with E-state index in [0.29, 0.717) is 0 Å². The van der Waals surface area contributed by atoms with E-state index in [2.05, 4.69) is 52.0 Å². The molecule has 0 saturated heterocycles. The van der Waals surface area contributed by atoms with Gasteiger partial charge in [-0.15, -0.1) is 0 Å². The van der Waals surface area contributed by atoms with Crippen LogP contribution in [0, 0.1) is 0 Å². The van der Waals surface area contributed by atoms with Crippen molar-refractivity contribution in [2.45, 2.75) is 25.4 Å². The van der Waals surface area contributed by atoms with Crippen LogP contribution in [-0.4, -0.2) is 31.9 Å². The Kier molecular flexibility index (Phi) is 5.91. The first kappa shape index (κ1) is 19.9. The molecule has 0 aliphatic heterocycles. The minimum atomic E-state index is -0.544. The van der Waals surface area contributed by atoms with Crippen molar-refractivity contribution in [3.05, 3.63) is 120 Å². The van der Waals surface area contributed by atoms with E-state index in [1.807, 2.05) is 73.2 Å². The van der Waals surface area contributed by atoms with Gasteiger partial charge in [0.25, 0.3) is 0 Å². The zero-order valence-electron chi connectivity index (χ0n) is 17.3. The molecular formula is C25H25N5. The minimum absolute atomic E-state index is 0.544. The Morgan fingerprint density at radius 2 is 1.17 bits per heavy atom. The van der Waals surface area contributed by atoms with Gasteiger partial charge >= 0.3 is 0 Å². The lowest BCUT2D eigenvalue weighted by atomic mass is 9.78. The molecule has 0 amide bonds. The second-order valence-corrected chi connectivity index (χ2v) is 7.56. The average Bonchev–Trinajstić information content (AvgIpc) is 2.80. The fourth-order valence-corrected chi connectivity index (χ4v) is 3.66. The van der Waals surface area contributed by atoms with E-state index in [9.17, 15) is 0 Å². The summed E-state index contributed by atoms with van der Waals surface area (Å²) >= 11 is 0. The number of rotatable bonds is 7. The third kappa shape index (κ3) is 4.26. The summed E-state index contributed by atoms with van der Waals surface area (Å²) in [5.74, 6) is 0. The lowest BCUT2D eigenvalue weighted by molar-refractivity contribution is 0.310. The van der Waals surface area contributed by atoms with Crippen LogP contribution in [-0.2, 0) is 18.5 Å². The molecule has 0 aliphatic rings. The molecule has 4 rings (SSSR count). The van der Waals surface area contributed by atoms with Gasteiger partial charge in [-0.3, -0.25) is 24.8 Å². The highest BCUT2D eigenvalue weighted by atomic mass is 15.1. The number of nitrogens with zero attached hydrogens (tertiary/aromatic N) is 5. The third-order valence-corrected chi connectivity index (χ3v) is 5.26. The van der Waals surface area contributed by atoms with Crippen molar-refractivity contribution < 1.29 is 0 Å². The molecule has 150 valence electrons. The van der Waals surface area contributed by atoms with Gasteiger partial charge in [-0.2, -0.15) is 0 Å². The number of aromatic nitrogens is 4. The Hall–Kier alpha value is -3.44. The quantitative estimate of drug-likeness (QED) is 0.468. The molecule has 4 aromatic heterocycles. The zero-order valence-corrected chi connectivity index (χ0v) is 17.3. The van der Waals surface area contributed by atoms with Crippen LogP contribution in [0.15, 0.2) is 91.4 Å². The molecule has 4 aromatic rings. The van der Waals surface area contributed by atoms with Crippen LogP contribution in [0.2, 0.25) is 0 Å². The first-order valence-electron chi connectivity index (χ1n) is 10.0. The van der Waals surface area contributed by atoms with Gasteiger partial charge < -0.3 is 0 Å². The minimum Gasteiger partial charge on any atom is -0.295 e. The molecule has 0 atom stereocenters. The fraction of sp³-hybridized carbons (Fsp3) is 0.200. The molecule has 0 unspecified atom stereocenters. The Labute approximate surface area is 177 Å². The molecule has 0 bridgehead atoms. The van der Waals surface area contributed by atoms with Gasteiger partial charge in [-0.1, -0.05) is 24.3 Å². The molecular weight excluding hydrogens is 370 g/mol. The lowest BCUT2D eigenvalue weighted by Crippen LogP contribution is -2.29. The van der Waals surface area contributed by atoms with Gasteiger partial charge in [0.05, 0.1) is 33.9 Å². The maximum Gasteiger partial charge on any atom is 0.0939 e. The predicted molar refractivity (Wildman–Crippen MR) is 118 cm³/mol. The van der Waals surface area contributed by atoms with Crippen LogP contribution in [0.3, 0.4) is 0 Å². The van der Waals surface area contributed by atoms with Crippen LogP contribution in [0.4, 0.5) is 0 Å². The molecule has 0 aliphatic carbocycles. The summed E-state index contributed by atoms with van der Waals surface area (Å²) in [5.41, 5.74) is 4.29. The predicted octanol–water partition coefficient (Wildman–Crippen LogP) is 4.25. The van der Waals surface area contributed by atoms with Crippen LogP contribution in [0.1, 0.15) is 35.4 Å². The maximum atomic E-state index is 5.04. The molecule has 0 N–H and O–H groups in total. The van der Waals surface area contributed by atoms with E-state index in [1.54, 1.807) is 0 Å². The highest BCUT2D eigenvalue weighted by molar-refractivity contribution is 5.41. The van der Waals surface area contributed by atoms with E-state index in [0.717, 1.165) is 41.6 Å². The zero-order chi connectivity index (χ0) is 20.8. The Morgan fingerprint density at radius 3 is 1.73 bits per heavy atom. The average molecular weight is 396 g/mol. The van der Waals surface area contributed by atoms with Crippen molar-refractivity contribution in [2.24, 2.45) is 0 Å². The molecule has 0 radical (unpaired) electrons. The number of pyridine rings is 4. The van der Waals surface area contributed by atoms with Crippen LogP contribution >= 0.6 is 0 Å². The Bertz CT molecular complexity index is 1030. The SMILES string of the molecule is CN(Cc1ccccn1)Cc1cccc(C(C)(c2ccccn2)c2ccccn2)n1. The lowest BCUT2D eigenvalue weighted by Gasteiger charge is -2.29. The van der Waals surface area contributed by atoms with Gasteiger partial charge in [-0.05, 0) is 62.5 Å². The summed E-state index contributed by atoms with van der Waals surface area (Å²) in [4.78, 5) is 21.0. The van der Waals surface area contributed by atoms with E-state index in [4.69, 9.17) is 4.98 Å². The van der Waals surface area contributed by atoms with Crippen molar-refractivity contribution in [1.29, 1.82) is 0 Å². The largest absolute Gasteiger partial charge is 0.295 e. The van der Waals surface area contributed by atoms with E-state index in [1.165, 1.54) is 0 Å². The van der Waals surface area contributed by atoms with Crippen molar-refractivity contribution in [3.8, 4) is 0 Å². The molecule has 0 aromatic carbocycles. The van der Waals surface area contributed by atoms with Crippen molar-refractivity contribution >= 4 is 0 Å². The summed E-state index contributed by atoms with van der Waals surface area (Å²) in [6.07, 6.45) is 5.47. The Morgan fingerprint density at radius 1 is 0.633 bits per heavy atom. The van der Waals surface area contributed by atoms with Gasteiger partial charge in [0, 0.05) is 31.7 Å². The molecule has 0 fully saturated rings.